The molecule has 3 heterocycles. The Labute approximate surface area is 136 Å². The van der Waals surface area contributed by atoms with E-state index in [1.807, 2.05) is 15.8 Å². The van der Waals surface area contributed by atoms with E-state index in [1.54, 1.807) is 6.20 Å². The lowest BCUT2D eigenvalue weighted by Crippen LogP contribution is -2.53. The third-order valence-corrected chi connectivity index (χ3v) is 5.76. The molecular formula is C15H18BrF2N3O. The summed E-state index contributed by atoms with van der Waals surface area (Å²) in [6.45, 7) is 0. The average molecular weight is 374 g/mol. The Kier molecular flexibility index (Phi) is 3.33. The smallest absolute Gasteiger partial charge is 0.249 e. The predicted molar refractivity (Wildman–Crippen MR) is 79.5 cm³/mol. The molecule has 3 aliphatic rings. The summed E-state index contributed by atoms with van der Waals surface area (Å²) >= 11 is 3.41. The molecule has 1 saturated carbocycles. The lowest BCUT2D eigenvalue weighted by Gasteiger charge is -2.43. The maximum Gasteiger partial charge on any atom is 0.249 e. The van der Waals surface area contributed by atoms with Crippen LogP contribution in [0.2, 0.25) is 0 Å². The SMILES string of the molecule is O=C(C1CC(F)(F)C1)N1C2CCC1CC(n1cc(Br)cn1)C2. The highest BCUT2D eigenvalue weighted by Gasteiger charge is 2.53. The lowest BCUT2D eigenvalue weighted by molar-refractivity contribution is -0.164. The first-order valence-corrected chi connectivity index (χ1v) is 8.62. The van der Waals surface area contributed by atoms with Crippen LogP contribution in [0.5, 0.6) is 0 Å². The Morgan fingerprint density at radius 3 is 2.36 bits per heavy atom. The van der Waals surface area contributed by atoms with Crippen molar-refractivity contribution in [3.8, 4) is 0 Å². The van der Waals surface area contributed by atoms with Gasteiger partial charge in [0.2, 0.25) is 11.8 Å². The van der Waals surface area contributed by atoms with Gasteiger partial charge in [0.1, 0.15) is 0 Å². The molecule has 0 aromatic carbocycles. The van der Waals surface area contributed by atoms with Crippen LogP contribution in [0, 0.1) is 5.92 Å². The minimum atomic E-state index is -2.63. The summed E-state index contributed by atoms with van der Waals surface area (Å²) in [7, 11) is 0. The number of alkyl halides is 2. The van der Waals surface area contributed by atoms with Crippen LogP contribution in [0.25, 0.3) is 0 Å². The van der Waals surface area contributed by atoms with Crippen LogP contribution < -0.4 is 0 Å². The Hall–Kier alpha value is -0.980. The number of hydrogen-bond donors (Lipinski definition) is 0. The van der Waals surface area contributed by atoms with E-state index in [9.17, 15) is 13.6 Å². The van der Waals surface area contributed by atoms with Crippen molar-refractivity contribution >= 4 is 21.8 Å². The second kappa shape index (κ2) is 5.01. The number of piperidine rings is 1. The van der Waals surface area contributed by atoms with E-state index < -0.39 is 11.8 Å². The summed E-state index contributed by atoms with van der Waals surface area (Å²) in [4.78, 5) is 14.5. The molecular weight excluding hydrogens is 356 g/mol. The summed E-state index contributed by atoms with van der Waals surface area (Å²) < 4.78 is 29.0. The molecule has 2 unspecified atom stereocenters. The predicted octanol–water partition coefficient (Wildman–Crippen LogP) is 3.39. The Bertz CT molecular complexity index is 583. The molecule has 4 nitrogen and oxygen atoms in total. The van der Waals surface area contributed by atoms with Gasteiger partial charge >= 0.3 is 0 Å². The van der Waals surface area contributed by atoms with Gasteiger partial charge in [0.15, 0.2) is 0 Å². The Morgan fingerprint density at radius 2 is 1.86 bits per heavy atom. The molecule has 0 spiro atoms. The van der Waals surface area contributed by atoms with Gasteiger partial charge in [0.05, 0.1) is 16.7 Å². The average Bonchev–Trinajstić information content (AvgIpc) is 2.97. The highest BCUT2D eigenvalue weighted by Crippen LogP contribution is 2.47. The third-order valence-electron chi connectivity index (χ3n) is 5.35. The van der Waals surface area contributed by atoms with E-state index in [-0.39, 0.29) is 30.8 Å². The largest absolute Gasteiger partial charge is 0.336 e. The number of carbonyl (C=O) groups excluding carboxylic acids is 1. The normalized spacial score (nSPS) is 33.8. The molecule has 4 rings (SSSR count). The summed E-state index contributed by atoms with van der Waals surface area (Å²) in [5.41, 5.74) is 0. The van der Waals surface area contributed by atoms with Crippen LogP contribution in [0.1, 0.15) is 44.6 Å². The fourth-order valence-electron chi connectivity index (χ4n) is 4.29. The highest BCUT2D eigenvalue weighted by atomic mass is 79.9. The molecule has 1 aromatic heterocycles. The van der Waals surface area contributed by atoms with Crippen LogP contribution in [0.15, 0.2) is 16.9 Å². The van der Waals surface area contributed by atoms with Crippen molar-refractivity contribution in [3.63, 3.8) is 0 Å². The summed E-state index contributed by atoms with van der Waals surface area (Å²) in [5.74, 6) is -3.13. The molecule has 0 radical (unpaired) electrons. The van der Waals surface area contributed by atoms with Gasteiger partial charge in [-0.1, -0.05) is 0 Å². The molecule has 120 valence electrons. The van der Waals surface area contributed by atoms with Crippen LogP contribution in [-0.4, -0.2) is 38.6 Å². The second-order valence-corrected chi connectivity index (χ2v) is 7.77. The van der Waals surface area contributed by atoms with Crippen molar-refractivity contribution in [2.45, 2.75) is 62.6 Å². The van der Waals surface area contributed by atoms with Gasteiger partial charge in [0.25, 0.3) is 0 Å². The van der Waals surface area contributed by atoms with Gasteiger partial charge in [-0.05, 0) is 41.6 Å². The summed E-state index contributed by atoms with van der Waals surface area (Å²) in [5, 5.41) is 4.35. The van der Waals surface area contributed by atoms with E-state index in [2.05, 4.69) is 21.0 Å². The lowest BCUT2D eigenvalue weighted by atomic mass is 9.79. The zero-order valence-electron chi connectivity index (χ0n) is 12.1. The van der Waals surface area contributed by atoms with Gasteiger partial charge in [-0.3, -0.25) is 9.48 Å². The van der Waals surface area contributed by atoms with Crippen molar-refractivity contribution in [3.05, 3.63) is 16.9 Å². The highest BCUT2D eigenvalue weighted by molar-refractivity contribution is 9.10. The molecule has 1 aromatic rings. The third kappa shape index (κ3) is 2.37. The first kappa shape index (κ1) is 14.6. The Balaban J connectivity index is 1.46. The molecule has 2 atom stereocenters. The van der Waals surface area contributed by atoms with Crippen molar-refractivity contribution in [2.24, 2.45) is 5.92 Å². The van der Waals surface area contributed by atoms with Gasteiger partial charge in [-0.25, -0.2) is 8.78 Å². The van der Waals surface area contributed by atoms with E-state index in [1.165, 1.54) is 0 Å². The zero-order chi connectivity index (χ0) is 15.5. The van der Waals surface area contributed by atoms with Gasteiger partial charge in [0, 0.05) is 37.0 Å². The van der Waals surface area contributed by atoms with Crippen LogP contribution in [-0.2, 0) is 4.79 Å². The Morgan fingerprint density at radius 1 is 1.23 bits per heavy atom. The minimum absolute atomic E-state index is 0.0430. The standard InChI is InChI=1S/C15H18BrF2N3O/c16-10-7-19-20(8-10)13-3-11-1-2-12(4-13)21(11)14(22)9-5-15(17,18)6-9/h7-9,11-13H,1-6H2. The van der Waals surface area contributed by atoms with Gasteiger partial charge in [-0.15, -0.1) is 0 Å². The molecule has 1 aliphatic carbocycles. The van der Waals surface area contributed by atoms with Gasteiger partial charge in [-0.2, -0.15) is 5.10 Å². The maximum atomic E-state index is 13.0. The fraction of sp³-hybridized carbons (Fsp3) is 0.733. The minimum Gasteiger partial charge on any atom is -0.336 e. The van der Waals surface area contributed by atoms with Crippen molar-refractivity contribution in [1.82, 2.24) is 14.7 Å². The van der Waals surface area contributed by atoms with Crippen molar-refractivity contribution in [2.75, 3.05) is 0 Å². The van der Waals surface area contributed by atoms with Gasteiger partial charge < -0.3 is 4.90 Å². The van der Waals surface area contributed by atoms with Crippen LogP contribution in [0.3, 0.4) is 0 Å². The molecule has 22 heavy (non-hydrogen) atoms. The van der Waals surface area contributed by atoms with E-state index in [0.29, 0.717) is 6.04 Å². The topological polar surface area (TPSA) is 38.1 Å². The molecule has 7 heteroatoms. The molecule has 0 N–H and O–H groups in total. The van der Waals surface area contributed by atoms with Crippen molar-refractivity contribution < 1.29 is 13.6 Å². The second-order valence-electron chi connectivity index (χ2n) is 6.86. The summed E-state index contributed by atoms with van der Waals surface area (Å²) in [6, 6.07) is 0.678. The molecule has 1 amide bonds. The zero-order valence-corrected chi connectivity index (χ0v) is 13.7. The van der Waals surface area contributed by atoms with E-state index in [0.717, 1.165) is 30.2 Å². The van der Waals surface area contributed by atoms with Crippen LogP contribution >= 0.6 is 15.9 Å². The fourth-order valence-corrected chi connectivity index (χ4v) is 4.59. The molecule has 2 aliphatic heterocycles. The number of nitrogens with zero attached hydrogens (tertiary/aromatic N) is 3. The number of aromatic nitrogens is 2. The van der Waals surface area contributed by atoms with Crippen molar-refractivity contribution in [1.29, 1.82) is 0 Å². The summed E-state index contributed by atoms with van der Waals surface area (Å²) in [6.07, 6.45) is 6.93. The quantitative estimate of drug-likeness (QED) is 0.796. The first-order chi connectivity index (χ1) is 10.4. The molecule has 3 fully saturated rings. The number of hydrogen-bond acceptors (Lipinski definition) is 2. The molecule has 2 bridgehead atoms. The van der Waals surface area contributed by atoms with E-state index in [4.69, 9.17) is 0 Å². The van der Waals surface area contributed by atoms with Crippen LogP contribution in [0.4, 0.5) is 8.78 Å². The number of halogens is 3. The number of rotatable bonds is 2. The number of carbonyl (C=O) groups is 1. The maximum absolute atomic E-state index is 13.0. The molecule has 2 saturated heterocycles. The first-order valence-electron chi connectivity index (χ1n) is 7.82. The van der Waals surface area contributed by atoms with E-state index >= 15 is 0 Å². The number of fused-ring (bicyclic) bond motifs is 2. The monoisotopic (exact) mass is 373 g/mol. The number of amides is 1.